The third kappa shape index (κ3) is 4.51. The molecule has 0 radical (unpaired) electrons. The lowest BCUT2D eigenvalue weighted by atomic mass is 10.0. The highest BCUT2D eigenvalue weighted by Gasteiger charge is 2.17. The normalized spacial score (nSPS) is 14.9. The molecule has 158 valence electrons. The molecule has 1 aliphatic heterocycles. The van der Waals surface area contributed by atoms with Gasteiger partial charge in [0.1, 0.15) is 6.20 Å². The van der Waals surface area contributed by atoms with Gasteiger partial charge < -0.3 is 9.45 Å². The van der Waals surface area contributed by atoms with Gasteiger partial charge in [0, 0.05) is 23.5 Å². The van der Waals surface area contributed by atoms with Crippen molar-refractivity contribution in [1.29, 1.82) is 0 Å². The standard InChI is InChI=1S/C25H26N4OS/c30-31-23-6-4-5-21(15-23)24-17-27-29-18-22(16-26-25(24)29)20-9-7-19(8-10-20)11-14-28-12-2-1-3-13-28/h4-10,15-18,30H,1-3,11-14H2/p+1. The third-order valence-corrected chi connectivity index (χ3v) is 6.58. The fourth-order valence-corrected chi connectivity index (χ4v) is 4.66. The predicted molar refractivity (Wildman–Crippen MR) is 125 cm³/mol. The number of hydrogen-bond donors (Lipinski definition) is 2. The molecule has 0 spiro atoms. The van der Waals surface area contributed by atoms with Crippen LogP contribution in [0.25, 0.3) is 27.9 Å². The van der Waals surface area contributed by atoms with E-state index in [-0.39, 0.29) is 0 Å². The number of hydrogen-bond acceptors (Lipinski definition) is 4. The predicted octanol–water partition coefficient (Wildman–Crippen LogP) is 5.08. The molecule has 0 saturated carbocycles. The number of H-pyrrole nitrogens is 1. The molecule has 0 aliphatic carbocycles. The number of piperidine rings is 1. The molecule has 0 bridgehead atoms. The zero-order valence-electron chi connectivity index (χ0n) is 17.5. The van der Waals surface area contributed by atoms with Crippen LogP contribution in [0.4, 0.5) is 0 Å². The number of rotatable bonds is 6. The Hall–Kier alpha value is -2.67. The second-order valence-electron chi connectivity index (χ2n) is 8.19. The summed E-state index contributed by atoms with van der Waals surface area (Å²) in [5.41, 5.74) is 6.53. The summed E-state index contributed by atoms with van der Waals surface area (Å²) in [6.07, 6.45) is 11.2. The summed E-state index contributed by atoms with van der Waals surface area (Å²) < 4.78 is 11.3. The van der Waals surface area contributed by atoms with E-state index in [2.05, 4.69) is 40.5 Å². The molecule has 1 saturated heterocycles. The molecule has 0 atom stereocenters. The summed E-state index contributed by atoms with van der Waals surface area (Å²) in [5, 5.41) is 3.28. The Morgan fingerprint density at radius 3 is 2.65 bits per heavy atom. The summed E-state index contributed by atoms with van der Waals surface area (Å²) in [6.45, 7) is 3.66. The maximum Gasteiger partial charge on any atom is 0.355 e. The molecule has 1 aliphatic rings. The quantitative estimate of drug-likeness (QED) is 0.330. The molecule has 6 heteroatoms. The maximum absolute atomic E-state index is 9.34. The lowest BCUT2D eigenvalue weighted by molar-refractivity contribution is -0.578. The highest BCUT2D eigenvalue weighted by molar-refractivity contribution is 7.93. The Balaban J connectivity index is 1.33. The van der Waals surface area contributed by atoms with E-state index in [0.29, 0.717) is 0 Å². The van der Waals surface area contributed by atoms with Crippen LogP contribution >= 0.6 is 12.0 Å². The number of aromatic nitrogens is 3. The molecule has 0 unspecified atom stereocenters. The van der Waals surface area contributed by atoms with Crippen molar-refractivity contribution in [2.24, 2.45) is 0 Å². The van der Waals surface area contributed by atoms with E-state index < -0.39 is 0 Å². The zero-order chi connectivity index (χ0) is 21.0. The van der Waals surface area contributed by atoms with Crippen molar-refractivity contribution in [3.63, 3.8) is 0 Å². The molecular weight excluding hydrogens is 404 g/mol. The number of fused-ring (bicyclic) bond motifs is 1. The van der Waals surface area contributed by atoms with E-state index in [9.17, 15) is 4.55 Å². The summed E-state index contributed by atoms with van der Waals surface area (Å²) in [5.74, 6) is 0. The van der Waals surface area contributed by atoms with E-state index in [1.807, 2.05) is 41.2 Å². The fraction of sp³-hybridized carbons (Fsp3) is 0.280. The Labute approximate surface area is 187 Å². The van der Waals surface area contributed by atoms with Gasteiger partial charge in [-0.05, 0) is 66.2 Å². The van der Waals surface area contributed by atoms with Gasteiger partial charge in [-0.1, -0.05) is 42.8 Å². The number of aromatic amines is 1. The lowest BCUT2D eigenvalue weighted by Crippen LogP contribution is -2.31. The minimum Gasteiger partial charge on any atom is -0.325 e. The smallest absolute Gasteiger partial charge is 0.325 e. The topological polar surface area (TPSA) is 56.2 Å². The average molecular weight is 432 g/mol. The molecule has 1 fully saturated rings. The SMILES string of the molecule is OSc1cccc(-c2c[nH][n+]3cc(-c4ccc(CCN5CCCCC5)cc4)cnc23)c1. The average Bonchev–Trinajstić information content (AvgIpc) is 3.27. The molecule has 0 amide bonds. The highest BCUT2D eigenvalue weighted by Crippen LogP contribution is 2.26. The molecule has 4 aromatic rings. The Morgan fingerprint density at radius 2 is 1.84 bits per heavy atom. The van der Waals surface area contributed by atoms with Crippen LogP contribution in [-0.4, -0.2) is 39.2 Å². The van der Waals surface area contributed by atoms with Crippen molar-refractivity contribution in [2.75, 3.05) is 19.6 Å². The number of likely N-dealkylation sites (tertiary alicyclic amines) is 1. The minimum atomic E-state index is 0.758. The van der Waals surface area contributed by atoms with Crippen molar-refractivity contribution in [3.05, 3.63) is 72.7 Å². The van der Waals surface area contributed by atoms with Gasteiger partial charge in [-0.15, -0.1) is 4.52 Å². The number of benzene rings is 2. The largest absolute Gasteiger partial charge is 0.355 e. The van der Waals surface area contributed by atoms with Gasteiger partial charge in [0.15, 0.2) is 6.20 Å². The van der Waals surface area contributed by atoms with Gasteiger partial charge in [-0.2, -0.15) is 0 Å². The van der Waals surface area contributed by atoms with Gasteiger partial charge in [0.25, 0.3) is 0 Å². The second-order valence-corrected chi connectivity index (χ2v) is 8.85. The van der Waals surface area contributed by atoms with Crippen LogP contribution in [0.5, 0.6) is 0 Å². The van der Waals surface area contributed by atoms with Crippen LogP contribution in [0.3, 0.4) is 0 Å². The molecular formula is C25H27N4OS+. The van der Waals surface area contributed by atoms with Gasteiger partial charge in [0.05, 0.1) is 17.3 Å². The van der Waals surface area contributed by atoms with Crippen molar-refractivity contribution in [2.45, 2.75) is 30.6 Å². The van der Waals surface area contributed by atoms with Crippen molar-refractivity contribution >= 4 is 17.7 Å². The van der Waals surface area contributed by atoms with E-state index in [4.69, 9.17) is 4.98 Å². The lowest BCUT2D eigenvalue weighted by Gasteiger charge is -2.26. The first-order valence-corrected chi connectivity index (χ1v) is 11.7. The summed E-state index contributed by atoms with van der Waals surface area (Å²) in [7, 11) is 0. The van der Waals surface area contributed by atoms with E-state index >= 15 is 0 Å². The Bertz CT molecular complexity index is 1170. The van der Waals surface area contributed by atoms with Crippen molar-refractivity contribution in [1.82, 2.24) is 15.0 Å². The molecule has 2 aromatic carbocycles. The fourth-order valence-electron chi connectivity index (χ4n) is 4.34. The Morgan fingerprint density at radius 1 is 1.00 bits per heavy atom. The van der Waals surface area contributed by atoms with Crippen LogP contribution in [0, 0.1) is 0 Å². The molecule has 5 nitrogen and oxygen atoms in total. The first-order chi connectivity index (χ1) is 15.3. The van der Waals surface area contributed by atoms with Crippen LogP contribution in [-0.2, 0) is 6.42 Å². The van der Waals surface area contributed by atoms with E-state index in [0.717, 1.165) is 52.2 Å². The van der Waals surface area contributed by atoms with Crippen molar-refractivity contribution < 1.29 is 9.07 Å². The van der Waals surface area contributed by atoms with Crippen LogP contribution in [0.1, 0.15) is 24.8 Å². The molecule has 2 aromatic heterocycles. The van der Waals surface area contributed by atoms with Crippen LogP contribution < -0.4 is 4.52 Å². The van der Waals surface area contributed by atoms with Crippen LogP contribution in [0.2, 0.25) is 0 Å². The van der Waals surface area contributed by atoms with Gasteiger partial charge in [-0.3, -0.25) is 0 Å². The summed E-state index contributed by atoms with van der Waals surface area (Å²) in [4.78, 5) is 8.13. The molecule has 2 N–H and O–H groups in total. The van der Waals surface area contributed by atoms with Gasteiger partial charge in [0.2, 0.25) is 0 Å². The molecule has 3 heterocycles. The number of nitrogens with zero attached hydrogens (tertiary/aromatic N) is 3. The maximum atomic E-state index is 9.34. The molecule has 31 heavy (non-hydrogen) atoms. The van der Waals surface area contributed by atoms with E-state index in [1.165, 1.54) is 43.5 Å². The van der Waals surface area contributed by atoms with Gasteiger partial charge in [-0.25, -0.2) is 5.10 Å². The second kappa shape index (κ2) is 9.22. The Kier molecular flexibility index (Phi) is 6.02. The highest BCUT2D eigenvalue weighted by atomic mass is 32.2. The van der Waals surface area contributed by atoms with Gasteiger partial charge >= 0.3 is 5.65 Å². The van der Waals surface area contributed by atoms with E-state index in [1.54, 1.807) is 0 Å². The summed E-state index contributed by atoms with van der Waals surface area (Å²) in [6, 6.07) is 16.7. The number of nitrogens with one attached hydrogen (secondary N) is 1. The summed E-state index contributed by atoms with van der Waals surface area (Å²) >= 11 is 0.758. The van der Waals surface area contributed by atoms with Crippen molar-refractivity contribution in [3.8, 4) is 22.3 Å². The first-order valence-electron chi connectivity index (χ1n) is 10.9. The molecule has 5 rings (SSSR count). The van der Waals surface area contributed by atoms with Crippen LogP contribution in [0.15, 0.2) is 72.0 Å². The minimum absolute atomic E-state index is 0.758. The zero-order valence-corrected chi connectivity index (χ0v) is 18.3. The third-order valence-electron chi connectivity index (χ3n) is 6.11. The monoisotopic (exact) mass is 431 g/mol. The first kappa shape index (κ1) is 20.2.